The number of piperidine rings is 1. The van der Waals surface area contributed by atoms with E-state index in [4.69, 9.17) is 14.6 Å². The van der Waals surface area contributed by atoms with Crippen molar-refractivity contribution >= 4 is 35.4 Å². The number of carboxylic acid groups (broad SMARTS) is 1. The van der Waals surface area contributed by atoms with Gasteiger partial charge in [0, 0.05) is 31.6 Å². The van der Waals surface area contributed by atoms with Gasteiger partial charge in [-0.25, -0.2) is 9.48 Å². The van der Waals surface area contributed by atoms with Gasteiger partial charge >= 0.3 is 6.09 Å². The molecule has 4 rings (SSSR count). The molecule has 15 heteroatoms. The predicted molar refractivity (Wildman–Crippen MR) is 151 cm³/mol. The molecular formula is C28H37N7O8. The molecule has 0 aliphatic carbocycles. The van der Waals surface area contributed by atoms with Gasteiger partial charge in [0.2, 0.25) is 11.8 Å². The normalized spacial score (nSPS) is 17.6. The first kappa shape index (κ1) is 31.6. The van der Waals surface area contributed by atoms with Gasteiger partial charge in [-0.2, -0.15) is 0 Å². The predicted octanol–water partition coefficient (Wildman–Crippen LogP) is 1.05. The number of nitrogens with one attached hydrogen (secondary N) is 3. The fourth-order valence-electron chi connectivity index (χ4n) is 4.95. The monoisotopic (exact) mass is 599 g/mol. The highest BCUT2D eigenvalue weighted by Gasteiger charge is 2.45. The van der Waals surface area contributed by atoms with Gasteiger partial charge < -0.3 is 25.2 Å². The molecule has 43 heavy (non-hydrogen) atoms. The van der Waals surface area contributed by atoms with Crippen LogP contribution in [0.3, 0.4) is 0 Å². The van der Waals surface area contributed by atoms with Gasteiger partial charge in [0.05, 0.1) is 55.5 Å². The number of carbonyl (C=O) groups is 5. The number of ether oxygens (including phenoxy) is 2. The number of anilines is 1. The van der Waals surface area contributed by atoms with Crippen molar-refractivity contribution in [3.8, 4) is 0 Å². The summed E-state index contributed by atoms with van der Waals surface area (Å²) in [7, 11) is 0. The highest BCUT2D eigenvalue weighted by molar-refractivity contribution is 6.25. The van der Waals surface area contributed by atoms with Crippen molar-refractivity contribution in [2.45, 2.75) is 58.7 Å². The fourth-order valence-corrected chi connectivity index (χ4v) is 4.95. The summed E-state index contributed by atoms with van der Waals surface area (Å²) in [6, 6.07) is 3.89. The first-order valence-corrected chi connectivity index (χ1v) is 14.1. The molecule has 2 aromatic rings. The zero-order valence-electron chi connectivity index (χ0n) is 24.4. The lowest BCUT2D eigenvalue weighted by atomic mass is 9.89. The van der Waals surface area contributed by atoms with Gasteiger partial charge in [-0.1, -0.05) is 32.1 Å². The Morgan fingerprint density at radius 2 is 1.95 bits per heavy atom. The van der Waals surface area contributed by atoms with E-state index in [1.807, 2.05) is 20.8 Å². The van der Waals surface area contributed by atoms with E-state index in [2.05, 4.69) is 26.3 Å². The van der Waals surface area contributed by atoms with Gasteiger partial charge in [0.15, 0.2) is 0 Å². The number of imide groups is 2. The smallest absolute Gasteiger partial charge is 0.404 e. The molecule has 2 aliphatic rings. The second kappa shape index (κ2) is 13.7. The van der Waals surface area contributed by atoms with Gasteiger partial charge in [0.25, 0.3) is 11.8 Å². The number of amides is 5. The Labute approximate surface area is 248 Å². The Morgan fingerprint density at radius 3 is 2.67 bits per heavy atom. The van der Waals surface area contributed by atoms with Crippen LogP contribution >= 0.6 is 0 Å². The van der Waals surface area contributed by atoms with E-state index in [0.717, 1.165) is 10.6 Å². The minimum absolute atomic E-state index is 0.0550. The molecule has 0 saturated carbocycles. The van der Waals surface area contributed by atoms with Crippen LogP contribution in [-0.2, 0) is 32.0 Å². The standard InChI is InChI=1S/C28H37N7O8/c1-28(2,3)21(16-30-27(40)41)43-14-13-42-12-11-34-17(15-31-33-34)9-10-29-19-6-4-5-18-23(19)26(39)35(25(18)38)20-7-8-22(36)32-24(20)37/h4-6,15,20-21,29-30H,7-14,16H2,1-3H3,(H,40,41)(H,32,36,37). The highest BCUT2D eigenvalue weighted by atomic mass is 16.5. The third-order valence-electron chi connectivity index (χ3n) is 7.26. The van der Waals surface area contributed by atoms with E-state index < -0.39 is 35.8 Å². The van der Waals surface area contributed by atoms with Crippen molar-refractivity contribution in [2.24, 2.45) is 5.41 Å². The zero-order valence-corrected chi connectivity index (χ0v) is 24.4. The van der Waals surface area contributed by atoms with Crippen molar-refractivity contribution in [2.75, 3.05) is 38.2 Å². The molecule has 1 aromatic heterocycles. The van der Waals surface area contributed by atoms with E-state index in [-0.39, 0.29) is 42.0 Å². The van der Waals surface area contributed by atoms with Crippen molar-refractivity contribution in [1.29, 1.82) is 0 Å². The molecule has 0 spiro atoms. The van der Waals surface area contributed by atoms with Gasteiger partial charge in [0.1, 0.15) is 6.04 Å². The van der Waals surface area contributed by atoms with Gasteiger partial charge in [-0.05, 0) is 24.0 Å². The average Bonchev–Trinajstić information content (AvgIpc) is 3.49. The summed E-state index contributed by atoms with van der Waals surface area (Å²) in [6.45, 7) is 7.97. The number of fused-ring (bicyclic) bond motifs is 1. The van der Waals surface area contributed by atoms with Crippen molar-refractivity contribution in [3.05, 3.63) is 41.2 Å². The number of aromatic nitrogens is 3. The highest BCUT2D eigenvalue weighted by Crippen LogP contribution is 2.32. The van der Waals surface area contributed by atoms with Crippen molar-refractivity contribution in [1.82, 2.24) is 30.5 Å². The van der Waals surface area contributed by atoms with Crippen molar-refractivity contribution < 1.29 is 38.6 Å². The number of carbonyl (C=O) groups excluding carboxylic acids is 4. The Bertz CT molecular complexity index is 1370. The first-order chi connectivity index (χ1) is 20.5. The van der Waals surface area contributed by atoms with Crippen LogP contribution in [0.25, 0.3) is 0 Å². The molecule has 3 heterocycles. The number of rotatable bonds is 14. The summed E-state index contributed by atoms with van der Waals surface area (Å²) in [4.78, 5) is 61.9. The summed E-state index contributed by atoms with van der Waals surface area (Å²) < 4.78 is 13.2. The molecule has 0 radical (unpaired) electrons. The maximum absolute atomic E-state index is 13.3. The lowest BCUT2D eigenvalue weighted by molar-refractivity contribution is -0.136. The molecule has 232 valence electrons. The van der Waals surface area contributed by atoms with Crippen LogP contribution in [0, 0.1) is 5.41 Å². The minimum atomic E-state index is -1.10. The van der Waals surface area contributed by atoms with Crippen LogP contribution in [-0.4, -0.2) is 99.8 Å². The van der Waals surface area contributed by atoms with Crippen LogP contribution in [0.15, 0.2) is 24.4 Å². The molecule has 2 atom stereocenters. The van der Waals surface area contributed by atoms with Crippen LogP contribution in [0.5, 0.6) is 0 Å². The summed E-state index contributed by atoms with van der Waals surface area (Å²) >= 11 is 0. The molecule has 4 N–H and O–H groups in total. The second-order valence-corrected chi connectivity index (χ2v) is 11.3. The van der Waals surface area contributed by atoms with E-state index in [9.17, 15) is 24.0 Å². The number of nitrogens with zero attached hydrogens (tertiary/aromatic N) is 4. The van der Waals surface area contributed by atoms with Crippen LogP contribution in [0.2, 0.25) is 0 Å². The number of hydrogen-bond donors (Lipinski definition) is 4. The Balaban J connectivity index is 1.25. The SMILES string of the molecule is CC(C)(C)C(CNC(=O)O)OCCOCCn1nncc1CCNc1cccc2c1C(=O)N(C1CCC(=O)NC1=O)C2=O. The summed E-state index contributed by atoms with van der Waals surface area (Å²) in [6.07, 6.45) is 0.904. The molecular weight excluding hydrogens is 562 g/mol. The summed E-state index contributed by atoms with van der Waals surface area (Å²) in [5, 5.41) is 24.7. The van der Waals surface area contributed by atoms with Crippen LogP contribution in [0.1, 0.15) is 60.0 Å². The van der Waals surface area contributed by atoms with Crippen LogP contribution < -0.4 is 16.0 Å². The lowest BCUT2D eigenvalue weighted by Gasteiger charge is -2.30. The molecule has 1 aromatic carbocycles. The molecule has 1 fully saturated rings. The Kier molecular flexibility index (Phi) is 10.1. The zero-order chi connectivity index (χ0) is 31.1. The molecule has 0 bridgehead atoms. The largest absolute Gasteiger partial charge is 0.465 e. The number of hydrogen-bond acceptors (Lipinski definition) is 10. The molecule has 15 nitrogen and oxygen atoms in total. The lowest BCUT2D eigenvalue weighted by Crippen LogP contribution is -2.54. The Morgan fingerprint density at radius 1 is 1.16 bits per heavy atom. The second-order valence-electron chi connectivity index (χ2n) is 11.3. The molecule has 1 saturated heterocycles. The summed E-state index contributed by atoms with van der Waals surface area (Å²) in [5.74, 6) is -2.21. The minimum Gasteiger partial charge on any atom is -0.465 e. The van der Waals surface area contributed by atoms with E-state index >= 15 is 0 Å². The average molecular weight is 600 g/mol. The fraction of sp³-hybridized carbons (Fsp3) is 0.536. The Hall–Kier alpha value is -4.37. The van der Waals surface area contributed by atoms with E-state index in [1.54, 1.807) is 29.1 Å². The van der Waals surface area contributed by atoms with E-state index in [1.165, 1.54) is 0 Å². The topological polar surface area (TPSA) is 194 Å². The summed E-state index contributed by atoms with van der Waals surface area (Å²) in [5.41, 5.74) is 1.47. The molecule has 2 aliphatic heterocycles. The van der Waals surface area contributed by atoms with Gasteiger partial charge in [-0.15, -0.1) is 5.10 Å². The van der Waals surface area contributed by atoms with Crippen molar-refractivity contribution in [3.63, 3.8) is 0 Å². The maximum Gasteiger partial charge on any atom is 0.404 e. The third kappa shape index (κ3) is 7.73. The van der Waals surface area contributed by atoms with Crippen LogP contribution in [0.4, 0.5) is 10.5 Å². The molecule has 5 amide bonds. The van der Waals surface area contributed by atoms with E-state index in [0.29, 0.717) is 45.0 Å². The number of benzene rings is 1. The first-order valence-electron chi connectivity index (χ1n) is 14.1. The maximum atomic E-state index is 13.3. The van der Waals surface area contributed by atoms with Gasteiger partial charge in [-0.3, -0.25) is 29.4 Å². The molecule has 2 unspecified atom stereocenters. The quantitative estimate of drug-likeness (QED) is 0.179. The third-order valence-corrected chi connectivity index (χ3v) is 7.26.